The number of ether oxygens (including phenoxy) is 1. The lowest BCUT2D eigenvalue weighted by Crippen LogP contribution is -2.41. The second-order valence-corrected chi connectivity index (χ2v) is 5.20. The zero-order valence-electron chi connectivity index (χ0n) is 12.1. The molecule has 0 bridgehead atoms. The molecule has 2 unspecified atom stereocenters. The van der Waals surface area contributed by atoms with Gasteiger partial charge in [0.2, 0.25) is 0 Å². The molecular weight excluding hydrogens is 335 g/mol. The van der Waals surface area contributed by atoms with Gasteiger partial charge in [-0.2, -0.15) is 13.2 Å². The number of nitro benzene ring substituents is 1. The molecule has 1 aromatic rings. The summed E-state index contributed by atoms with van der Waals surface area (Å²) in [5.74, 6) is -5.12. The summed E-state index contributed by atoms with van der Waals surface area (Å²) >= 11 is 0. The average molecular weight is 345 g/mol. The smallest absolute Gasteiger partial charge is 0.416 e. The molecule has 0 aliphatic carbocycles. The van der Waals surface area contributed by atoms with Gasteiger partial charge in [-0.3, -0.25) is 24.5 Å². The van der Waals surface area contributed by atoms with Gasteiger partial charge in [-0.15, -0.1) is 0 Å². The van der Waals surface area contributed by atoms with Crippen molar-refractivity contribution in [1.29, 1.82) is 0 Å². The normalized spacial score (nSPS) is 21.3. The minimum atomic E-state index is -4.85. The van der Waals surface area contributed by atoms with Crippen molar-refractivity contribution >= 4 is 23.2 Å². The monoisotopic (exact) mass is 345 g/mol. The quantitative estimate of drug-likeness (QED) is 0.274. The Bertz CT molecular complexity index is 725. The number of hydrogen-bond donors (Lipinski definition) is 0. The van der Waals surface area contributed by atoms with Gasteiger partial charge in [-0.25, -0.2) is 0 Å². The topological polar surface area (TPSA) is 104 Å². The lowest BCUT2D eigenvalue weighted by Gasteiger charge is -2.23. The highest BCUT2D eigenvalue weighted by molar-refractivity contribution is 6.24. The summed E-state index contributed by atoms with van der Waals surface area (Å²) in [7, 11) is 0. The first-order valence-electron chi connectivity index (χ1n) is 6.65. The largest absolute Gasteiger partial charge is 0.461 e. The number of carbonyl (C=O) groups excluding carboxylic acids is 3. The van der Waals surface area contributed by atoms with Gasteiger partial charge in [-0.05, 0) is 19.1 Å². The first-order valence-corrected chi connectivity index (χ1v) is 6.65. The third kappa shape index (κ3) is 3.26. The Morgan fingerprint density at radius 1 is 1.33 bits per heavy atom. The number of nitro groups is 1. The molecule has 10 heteroatoms. The van der Waals surface area contributed by atoms with E-state index in [1.807, 2.05) is 0 Å². The molecule has 1 aliphatic heterocycles. The lowest BCUT2D eigenvalue weighted by molar-refractivity contribution is -0.385. The molecule has 0 amide bonds. The fourth-order valence-electron chi connectivity index (χ4n) is 2.32. The van der Waals surface area contributed by atoms with Crippen molar-refractivity contribution in [3.63, 3.8) is 0 Å². The van der Waals surface area contributed by atoms with E-state index in [4.69, 9.17) is 4.74 Å². The predicted molar refractivity (Wildman–Crippen MR) is 71.1 cm³/mol. The summed E-state index contributed by atoms with van der Waals surface area (Å²) in [6.45, 7) is 1.43. The molecule has 1 aliphatic rings. The third-order valence-electron chi connectivity index (χ3n) is 3.41. The van der Waals surface area contributed by atoms with Gasteiger partial charge < -0.3 is 4.74 Å². The van der Waals surface area contributed by atoms with Crippen LogP contribution < -0.4 is 0 Å². The van der Waals surface area contributed by atoms with Crippen LogP contribution in [0, 0.1) is 16.0 Å². The number of esters is 1. The van der Waals surface area contributed by atoms with Crippen molar-refractivity contribution in [1.82, 2.24) is 0 Å². The number of ketones is 2. The zero-order chi connectivity index (χ0) is 18.2. The molecule has 1 fully saturated rings. The van der Waals surface area contributed by atoms with Crippen LogP contribution in [0.25, 0.3) is 0 Å². The van der Waals surface area contributed by atoms with E-state index in [0.717, 1.165) is 0 Å². The highest BCUT2D eigenvalue weighted by Gasteiger charge is 2.43. The van der Waals surface area contributed by atoms with E-state index >= 15 is 0 Å². The van der Waals surface area contributed by atoms with Crippen LogP contribution in [0.1, 0.15) is 29.3 Å². The van der Waals surface area contributed by atoms with Gasteiger partial charge in [0, 0.05) is 12.5 Å². The standard InChI is InChI=1S/C14H10F3NO6/c1-6-4-10(19)11(13(21)24-6)12(20)8-3-2-7(14(15,16)17)5-9(8)18(22)23/h2-3,5-6,11H,4H2,1H3. The van der Waals surface area contributed by atoms with E-state index in [2.05, 4.69) is 0 Å². The Morgan fingerprint density at radius 3 is 2.46 bits per heavy atom. The molecule has 1 saturated heterocycles. The molecule has 2 rings (SSSR count). The Balaban J connectivity index is 2.48. The number of rotatable bonds is 3. The van der Waals surface area contributed by atoms with Crippen LogP contribution in [-0.4, -0.2) is 28.6 Å². The van der Waals surface area contributed by atoms with Crippen molar-refractivity contribution in [2.24, 2.45) is 5.92 Å². The number of Topliss-reactive ketones (excluding diaryl/α,β-unsaturated/α-hetero) is 2. The molecule has 1 aromatic carbocycles. The average Bonchev–Trinajstić information content (AvgIpc) is 2.44. The van der Waals surface area contributed by atoms with Crippen LogP contribution in [0.3, 0.4) is 0 Å². The van der Waals surface area contributed by atoms with Gasteiger partial charge >= 0.3 is 12.1 Å². The van der Waals surface area contributed by atoms with Crippen LogP contribution in [0.15, 0.2) is 18.2 Å². The van der Waals surface area contributed by atoms with E-state index < -0.39 is 57.5 Å². The van der Waals surface area contributed by atoms with Crippen molar-refractivity contribution in [2.75, 3.05) is 0 Å². The summed E-state index contributed by atoms with van der Waals surface area (Å²) in [5, 5.41) is 11.0. The van der Waals surface area contributed by atoms with Gasteiger partial charge in [0.05, 0.1) is 16.1 Å². The van der Waals surface area contributed by atoms with Gasteiger partial charge in [-0.1, -0.05) is 0 Å². The fraction of sp³-hybridized carbons (Fsp3) is 0.357. The Kier molecular flexibility index (Phi) is 4.41. The molecule has 128 valence electrons. The van der Waals surface area contributed by atoms with E-state index in [1.165, 1.54) is 6.92 Å². The maximum Gasteiger partial charge on any atom is 0.416 e. The Hall–Kier alpha value is -2.78. The maximum atomic E-state index is 12.7. The second kappa shape index (κ2) is 6.02. The number of halogens is 3. The summed E-state index contributed by atoms with van der Waals surface area (Å²) in [6, 6.07) is 1.25. The van der Waals surface area contributed by atoms with Crippen molar-refractivity contribution < 1.29 is 37.2 Å². The van der Waals surface area contributed by atoms with Crippen LogP contribution in [0.2, 0.25) is 0 Å². The summed E-state index contributed by atoms with van der Waals surface area (Å²) in [6.07, 6.45) is -5.84. The van der Waals surface area contributed by atoms with Crippen LogP contribution in [0.5, 0.6) is 0 Å². The summed E-state index contributed by atoms with van der Waals surface area (Å²) in [4.78, 5) is 45.7. The highest BCUT2D eigenvalue weighted by Crippen LogP contribution is 2.34. The van der Waals surface area contributed by atoms with Crippen molar-refractivity contribution in [3.05, 3.63) is 39.4 Å². The first-order chi connectivity index (χ1) is 11.0. The third-order valence-corrected chi connectivity index (χ3v) is 3.41. The molecule has 0 aromatic heterocycles. The Morgan fingerprint density at radius 2 is 1.96 bits per heavy atom. The number of nitrogens with zero attached hydrogens (tertiary/aromatic N) is 1. The number of cyclic esters (lactones) is 1. The summed E-state index contributed by atoms with van der Waals surface area (Å²) in [5.41, 5.74) is -3.20. The zero-order valence-corrected chi connectivity index (χ0v) is 12.1. The Labute approximate surface area is 132 Å². The maximum absolute atomic E-state index is 12.7. The molecule has 1 heterocycles. The molecule has 7 nitrogen and oxygen atoms in total. The van der Waals surface area contributed by atoms with E-state index in [1.54, 1.807) is 0 Å². The van der Waals surface area contributed by atoms with E-state index in [9.17, 15) is 37.7 Å². The predicted octanol–water partition coefficient (Wildman–Crippen LogP) is 2.32. The van der Waals surface area contributed by atoms with Gasteiger partial charge in [0.15, 0.2) is 17.5 Å². The molecule has 0 spiro atoms. The minimum Gasteiger partial charge on any atom is -0.461 e. The van der Waals surface area contributed by atoms with E-state index in [0.29, 0.717) is 12.1 Å². The number of hydrogen-bond acceptors (Lipinski definition) is 6. The fourth-order valence-corrected chi connectivity index (χ4v) is 2.32. The molecule has 0 radical (unpaired) electrons. The number of alkyl halides is 3. The van der Waals surface area contributed by atoms with Gasteiger partial charge in [0.25, 0.3) is 5.69 Å². The number of carbonyl (C=O) groups is 3. The lowest BCUT2D eigenvalue weighted by atomic mass is 9.88. The van der Waals surface area contributed by atoms with Crippen LogP contribution in [-0.2, 0) is 20.5 Å². The van der Waals surface area contributed by atoms with Crippen molar-refractivity contribution in [2.45, 2.75) is 25.6 Å². The van der Waals surface area contributed by atoms with Gasteiger partial charge in [0.1, 0.15) is 6.10 Å². The molecule has 0 N–H and O–H groups in total. The molecule has 0 saturated carbocycles. The van der Waals surface area contributed by atoms with E-state index in [-0.39, 0.29) is 12.5 Å². The van der Waals surface area contributed by atoms with Crippen LogP contribution in [0.4, 0.5) is 18.9 Å². The first kappa shape index (κ1) is 17.6. The minimum absolute atomic E-state index is 0.189. The number of benzene rings is 1. The SMILES string of the molecule is CC1CC(=O)C(C(=O)c2ccc(C(F)(F)F)cc2[N+](=O)[O-])C(=O)O1. The highest BCUT2D eigenvalue weighted by atomic mass is 19.4. The second-order valence-electron chi connectivity index (χ2n) is 5.20. The molecular formula is C14H10F3NO6. The summed E-state index contributed by atoms with van der Waals surface area (Å²) < 4.78 is 42.7. The molecule has 2 atom stereocenters. The molecule has 24 heavy (non-hydrogen) atoms. The van der Waals surface area contributed by atoms with Crippen molar-refractivity contribution in [3.8, 4) is 0 Å². The van der Waals surface area contributed by atoms with Crippen LogP contribution >= 0.6 is 0 Å².